The van der Waals surface area contributed by atoms with E-state index in [1.807, 2.05) is 12.1 Å². The highest BCUT2D eigenvalue weighted by atomic mass is 79.9. The minimum atomic E-state index is -0.309. The number of aromatic nitrogens is 1. The Balaban J connectivity index is 1.78. The van der Waals surface area contributed by atoms with Gasteiger partial charge in [-0.15, -0.1) is 0 Å². The molecule has 1 aromatic heterocycles. The number of amides is 1. The molecule has 1 fully saturated rings. The Morgan fingerprint density at radius 3 is 3.09 bits per heavy atom. The van der Waals surface area contributed by atoms with Gasteiger partial charge in [-0.2, -0.15) is 0 Å². The zero-order valence-corrected chi connectivity index (χ0v) is 14.6. The first-order chi connectivity index (χ1) is 11.1. The van der Waals surface area contributed by atoms with Crippen LogP contribution in [0.3, 0.4) is 0 Å². The minimum Gasteiger partial charge on any atom is -0.360 e. The first kappa shape index (κ1) is 16.2. The number of halogens is 1. The van der Waals surface area contributed by atoms with Crippen LogP contribution in [0.2, 0.25) is 0 Å². The molecule has 1 aromatic carbocycles. The standard InChI is InChI=1S/C17H20BrN3O2/c1-2-21-7-3-4-12(21)9-20-17(23)14-10-19-15-6-5-11(18)8-13(15)16(14)22/h5-6,8,10,12H,2-4,7,9H2,1H3,(H,19,22)(H,20,23). The van der Waals surface area contributed by atoms with Crippen LogP contribution in [-0.4, -0.2) is 41.5 Å². The fraction of sp³-hybridized carbons (Fsp3) is 0.412. The lowest BCUT2D eigenvalue weighted by atomic mass is 10.1. The quantitative estimate of drug-likeness (QED) is 0.859. The van der Waals surface area contributed by atoms with Crippen LogP contribution in [0.15, 0.2) is 33.7 Å². The predicted molar refractivity (Wildman–Crippen MR) is 94.9 cm³/mol. The van der Waals surface area contributed by atoms with Gasteiger partial charge in [-0.3, -0.25) is 14.5 Å². The molecular weight excluding hydrogens is 358 g/mol. The van der Waals surface area contributed by atoms with E-state index in [0.29, 0.717) is 18.0 Å². The molecule has 6 heteroatoms. The lowest BCUT2D eigenvalue weighted by Crippen LogP contribution is -2.41. The second-order valence-corrected chi connectivity index (χ2v) is 6.77. The smallest absolute Gasteiger partial charge is 0.256 e. The molecule has 122 valence electrons. The Hall–Kier alpha value is -1.66. The molecule has 1 unspecified atom stereocenters. The normalized spacial score (nSPS) is 18.4. The number of fused-ring (bicyclic) bond motifs is 1. The van der Waals surface area contributed by atoms with E-state index in [1.165, 1.54) is 12.6 Å². The van der Waals surface area contributed by atoms with Gasteiger partial charge in [0.15, 0.2) is 0 Å². The number of likely N-dealkylation sites (N-methyl/N-ethyl adjacent to an activating group) is 1. The maximum atomic E-state index is 12.5. The lowest BCUT2D eigenvalue weighted by molar-refractivity contribution is 0.0940. The Bertz CT molecular complexity index is 787. The monoisotopic (exact) mass is 377 g/mol. The highest BCUT2D eigenvalue weighted by Crippen LogP contribution is 2.17. The van der Waals surface area contributed by atoms with E-state index in [0.717, 1.165) is 29.5 Å². The van der Waals surface area contributed by atoms with Crippen molar-refractivity contribution >= 4 is 32.7 Å². The van der Waals surface area contributed by atoms with E-state index in [2.05, 4.69) is 38.1 Å². The molecule has 0 aliphatic carbocycles. The number of pyridine rings is 1. The van der Waals surface area contributed by atoms with Crippen LogP contribution in [0.25, 0.3) is 10.9 Å². The van der Waals surface area contributed by atoms with Crippen molar-refractivity contribution in [1.29, 1.82) is 0 Å². The van der Waals surface area contributed by atoms with Crippen molar-refractivity contribution in [3.8, 4) is 0 Å². The SMILES string of the molecule is CCN1CCCC1CNC(=O)c1c[nH]c2ccc(Br)cc2c1=O. The second kappa shape index (κ2) is 6.84. The van der Waals surface area contributed by atoms with Crippen LogP contribution >= 0.6 is 15.9 Å². The average molecular weight is 378 g/mol. The molecule has 0 bridgehead atoms. The first-order valence-electron chi connectivity index (χ1n) is 7.93. The number of nitrogens with zero attached hydrogens (tertiary/aromatic N) is 1. The number of carbonyl (C=O) groups excluding carboxylic acids is 1. The second-order valence-electron chi connectivity index (χ2n) is 5.86. The van der Waals surface area contributed by atoms with Crippen molar-refractivity contribution in [1.82, 2.24) is 15.2 Å². The predicted octanol–water partition coefficient (Wildman–Crippen LogP) is 2.50. The van der Waals surface area contributed by atoms with Crippen molar-refractivity contribution in [2.75, 3.05) is 19.6 Å². The maximum absolute atomic E-state index is 12.5. The molecule has 5 nitrogen and oxygen atoms in total. The van der Waals surface area contributed by atoms with Crippen LogP contribution in [0.4, 0.5) is 0 Å². The maximum Gasteiger partial charge on any atom is 0.256 e. The Labute approximate surface area is 143 Å². The molecule has 1 atom stereocenters. The van der Waals surface area contributed by atoms with E-state index in [9.17, 15) is 9.59 Å². The molecule has 1 amide bonds. The van der Waals surface area contributed by atoms with Gasteiger partial charge in [-0.25, -0.2) is 0 Å². The summed E-state index contributed by atoms with van der Waals surface area (Å²) in [5.41, 5.74) is 0.649. The number of rotatable bonds is 4. The van der Waals surface area contributed by atoms with E-state index < -0.39 is 0 Å². The van der Waals surface area contributed by atoms with Crippen LogP contribution in [0, 0.1) is 0 Å². The minimum absolute atomic E-state index is 0.164. The summed E-state index contributed by atoms with van der Waals surface area (Å²) in [6.07, 6.45) is 3.76. The zero-order chi connectivity index (χ0) is 16.4. The van der Waals surface area contributed by atoms with Crippen molar-refractivity contribution in [3.05, 3.63) is 44.7 Å². The van der Waals surface area contributed by atoms with Crippen LogP contribution in [0.1, 0.15) is 30.1 Å². The number of hydrogen-bond acceptors (Lipinski definition) is 3. The van der Waals surface area contributed by atoms with Gasteiger partial charge in [0.1, 0.15) is 5.56 Å². The summed E-state index contributed by atoms with van der Waals surface area (Å²) in [4.78, 5) is 30.3. The zero-order valence-electron chi connectivity index (χ0n) is 13.1. The van der Waals surface area contributed by atoms with Gasteiger partial charge in [0.25, 0.3) is 5.91 Å². The largest absolute Gasteiger partial charge is 0.360 e. The van der Waals surface area contributed by atoms with Crippen LogP contribution in [0.5, 0.6) is 0 Å². The summed E-state index contributed by atoms with van der Waals surface area (Å²) < 4.78 is 0.817. The van der Waals surface area contributed by atoms with Crippen LogP contribution < -0.4 is 10.7 Å². The molecule has 1 saturated heterocycles. The lowest BCUT2D eigenvalue weighted by Gasteiger charge is -2.22. The van der Waals surface area contributed by atoms with Gasteiger partial charge >= 0.3 is 0 Å². The summed E-state index contributed by atoms with van der Waals surface area (Å²) in [6.45, 7) is 4.79. The number of nitrogens with one attached hydrogen (secondary N) is 2. The summed E-state index contributed by atoms with van der Waals surface area (Å²) in [6, 6.07) is 5.79. The van der Waals surface area contributed by atoms with E-state index in [-0.39, 0.29) is 16.9 Å². The number of likely N-dealkylation sites (tertiary alicyclic amines) is 1. The highest BCUT2D eigenvalue weighted by molar-refractivity contribution is 9.10. The Morgan fingerprint density at radius 1 is 1.48 bits per heavy atom. The number of benzene rings is 1. The summed E-state index contributed by atoms with van der Waals surface area (Å²) in [7, 11) is 0. The molecule has 3 rings (SSSR count). The number of H-pyrrole nitrogens is 1. The van der Waals surface area contributed by atoms with Crippen molar-refractivity contribution in [2.24, 2.45) is 0 Å². The molecule has 0 saturated carbocycles. The van der Waals surface area contributed by atoms with E-state index in [1.54, 1.807) is 6.07 Å². The van der Waals surface area contributed by atoms with Crippen LogP contribution in [-0.2, 0) is 0 Å². The number of hydrogen-bond donors (Lipinski definition) is 2. The first-order valence-corrected chi connectivity index (χ1v) is 8.72. The van der Waals surface area contributed by atoms with E-state index >= 15 is 0 Å². The van der Waals surface area contributed by atoms with E-state index in [4.69, 9.17) is 0 Å². The average Bonchev–Trinajstić information content (AvgIpc) is 3.01. The van der Waals surface area contributed by atoms with Gasteiger partial charge in [0, 0.05) is 34.2 Å². The van der Waals surface area contributed by atoms with Gasteiger partial charge in [0.2, 0.25) is 5.43 Å². The summed E-state index contributed by atoms with van der Waals surface area (Å²) in [5, 5.41) is 3.43. The number of aromatic amines is 1. The van der Waals surface area contributed by atoms with Crippen molar-refractivity contribution < 1.29 is 4.79 Å². The number of carbonyl (C=O) groups is 1. The van der Waals surface area contributed by atoms with Crippen molar-refractivity contribution in [2.45, 2.75) is 25.8 Å². The fourth-order valence-corrected chi connectivity index (χ4v) is 3.57. The Morgan fingerprint density at radius 2 is 2.30 bits per heavy atom. The van der Waals surface area contributed by atoms with Gasteiger partial charge in [-0.1, -0.05) is 22.9 Å². The molecule has 23 heavy (non-hydrogen) atoms. The third-order valence-corrected chi connectivity index (χ3v) is 4.98. The topological polar surface area (TPSA) is 65.2 Å². The highest BCUT2D eigenvalue weighted by Gasteiger charge is 2.23. The molecule has 1 aliphatic heterocycles. The van der Waals surface area contributed by atoms with Crippen molar-refractivity contribution in [3.63, 3.8) is 0 Å². The Kier molecular flexibility index (Phi) is 4.82. The van der Waals surface area contributed by atoms with Gasteiger partial charge in [-0.05, 0) is 44.1 Å². The molecule has 2 heterocycles. The third kappa shape index (κ3) is 3.33. The summed E-state index contributed by atoms with van der Waals surface area (Å²) >= 11 is 3.36. The molecule has 0 spiro atoms. The molecule has 0 radical (unpaired) electrons. The fourth-order valence-electron chi connectivity index (χ4n) is 3.21. The summed E-state index contributed by atoms with van der Waals surface area (Å²) in [5.74, 6) is -0.309. The van der Waals surface area contributed by atoms with Gasteiger partial charge < -0.3 is 10.3 Å². The van der Waals surface area contributed by atoms with Gasteiger partial charge in [0.05, 0.1) is 0 Å². The molecule has 2 aromatic rings. The molecule has 2 N–H and O–H groups in total. The molecule has 1 aliphatic rings. The third-order valence-electron chi connectivity index (χ3n) is 4.49. The molecular formula is C17H20BrN3O2.